The van der Waals surface area contributed by atoms with Gasteiger partial charge in [0.1, 0.15) is 28.9 Å². The number of ketones is 1. The van der Waals surface area contributed by atoms with Crippen LogP contribution in [0.3, 0.4) is 0 Å². The molecule has 0 radical (unpaired) electrons. The lowest BCUT2D eigenvalue weighted by Crippen LogP contribution is -2.25. The van der Waals surface area contributed by atoms with E-state index in [-0.39, 0.29) is 5.75 Å². The Balaban J connectivity index is 2.86. The molecule has 1 heterocycles. The number of methoxy groups -OCH3 is 1. The van der Waals surface area contributed by atoms with Crippen molar-refractivity contribution >= 4 is 5.78 Å². The van der Waals surface area contributed by atoms with Crippen LogP contribution in [0.1, 0.15) is 40.1 Å². The maximum absolute atomic E-state index is 12.5. The Morgan fingerprint density at radius 2 is 2.56 bits per heavy atom. The second kappa shape index (κ2) is 4.86. The average molecular weight is 266 g/mol. The van der Waals surface area contributed by atoms with Crippen LogP contribution in [0.4, 0.5) is 0 Å². The minimum Gasteiger partial charge on any atom is -0.507 e. The van der Waals surface area contributed by atoms with E-state index in [1.807, 2.05) is 0 Å². The molecule has 0 saturated heterocycles. The lowest BCUT2D eigenvalue weighted by Gasteiger charge is -2.26. The molecule has 1 unspecified atom stereocenters. The Morgan fingerprint density at radius 1 is 1.78 bits per heavy atom. The smallest absolute Gasteiger partial charge is 0.174 e. The van der Waals surface area contributed by atoms with Crippen molar-refractivity contribution in [1.82, 2.24) is 0 Å². The van der Waals surface area contributed by atoms with E-state index in [0.717, 1.165) is 13.2 Å². The van der Waals surface area contributed by atoms with Gasteiger partial charge in [-0.05, 0) is 6.85 Å². The molecule has 0 bridgehead atoms. The van der Waals surface area contributed by atoms with Crippen molar-refractivity contribution in [3.8, 4) is 17.2 Å². The topological polar surface area (TPSA) is 76.0 Å². The molecule has 2 N–H and O–H groups in total. The minimum absolute atomic E-state index is 0.304. The summed E-state index contributed by atoms with van der Waals surface area (Å²) in [6.45, 7) is -6.44. The monoisotopic (exact) mass is 266 g/mol. The van der Waals surface area contributed by atoms with Crippen LogP contribution in [0, 0.1) is 0 Å². The summed E-state index contributed by atoms with van der Waals surface area (Å²) < 4.78 is 70.4. The molecule has 1 aromatic carbocycles. The van der Waals surface area contributed by atoms with Gasteiger partial charge in [0.25, 0.3) is 0 Å². The largest absolute Gasteiger partial charge is 0.507 e. The van der Waals surface area contributed by atoms with E-state index in [1.165, 1.54) is 0 Å². The molecule has 1 aliphatic heterocycles. The predicted molar refractivity (Wildman–Crippen MR) is 64.5 cm³/mol. The number of phenolic OH excluding ortho intramolecular Hbond substituents is 1. The highest BCUT2D eigenvalue weighted by Crippen LogP contribution is 2.42. The van der Waals surface area contributed by atoms with Crippen molar-refractivity contribution in [1.29, 1.82) is 0 Å². The third-order valence-electron chi connectivity index (χ3n) is 2.42. The number of fused-ring (bicyclic) bond motifs is 1. The van der Waals surface area contributed by atoms with Gasteiger partial charge in [-0.25, -0.2) is 0 Å². The first-order valence-electron chi connectivity index (χ1n) is 9.02. The number of carbonyl (C=O) groups excluding carboxylic acids is 1. The number of carbonyl (C=O) groups is 1. The highest BCUT2D eigenvalue weighted by atomic mass is 16.5. The van der Waals surface area contributed by atoms with E-state index in [0.29, 0.717) is 0 Å². The van der Waals surface area contributed by atoms with Gasteiger partial charge < -0.3 is 19.7 Å². The zero-order chi connectivity index (χ0) is 20.2. The van der Waals surface area contributed by atoms with E-state index in [9.17, 15) is 15.0 Å². The van der Waals surface area contributed by atoms with Crippen LogP contribution in [0.2, 0.25) is 0 Å². The van der Waals surface area contributed by atoms with Crippen LogP contribution in [0.25, 0.3) is 0 Å². The normalized spacial score (nSPS) is 31.1. The molecule has 5 nitrogen and oxygen atoms in total. The zero-order valence-corrected chi connectivity index (χ0v) is 9.35. The molecule has 2 atom stereocenters. The number of Topliss-reactive ketones (excluding diaryl/α,β-unsaturated/α-hetero) is 1. The first-order valence-corrected chi connectivity index (χ1v) is 4.94. The standard InChI is InChI=1S/C13H16O5/c1-7-5-10(16)12-11(17-2)6-9(15)8(3-4-14)13(12)18-7/h6-7,14-15H,3-5H2,1-2H3/t7-/m1/s1/i1+1D3,3+1D2,4D2,5+1D,6+1,8+1,12+1/t5?,7-. The summed E-state index contributed by atoms with van der Waals surface area (Å²) in [5, 5.41) is 19.7. The number of hydrogen-bond acceptors (Lipinski definition) is 5. The van der Waals surface area contributed by atoms with Gasteiger partial charge in [0.05, 0.1) is 9.85 Å². The molecule has 0 aliphatic carbocycles. The third-order valence-corrected chi connectivity index (χ3v) is 2.42. The Morgan fingerprint density at radius 3 is 3.17 bits per heavy atom. The van der Waals surface area contributed by atoms with Crippen LogP contribution in [0.5, 0.6) is 17.2 Å². The SMILES string of the molecule is [2H][13CH]1C(=O)[13c]2c(OC)[13cH]c(O)[13c]([13C]([2H])([2H])C([2H])([2H])O)c2O[C@@H]1[13C]([2H])([2H])[2H]. The summed E-state index contributed by atoms with van der Waals surface area (Å²) >= 11 is 0. The third kappa shape index (κ3) is 2.01. The van der Waals surface area contributed by atoms with Crippen LogP contribution in [0.15, 0.2) is 6.07 Å². The minimum atomic E-state index is -3.51. The van der Waals surface area contributed by atoms with Crippen molar-refractivity contribution < 1.29 is 35.4 Å². The number of aromatic hydroxyl groups is 1. The molecule has 0 saturated carbocycles. The van der Waals surface area contributed by atoms with Gasteiger partial charge in [-0.1, -0.05) is 0 Å². The Labute approximate surface area is 116 Å². The van der Waals surface area contributed by atoms with Crippen molar-refractivity contribution in [3.05, 3.63) is 17.2 Å². The van der Waals surface area contributed by atoms with Crippen LogP contribution in [-0.4, -0.2) is 35.8 Å². The van der Waals surface area contributed by atoms with Crippen LogP contribution in [-0.2, 0) is 6.37 Å². The van der Waals surface area contributed by atoms with Gasteiger partial charge in [-0.3, -0.25) is 4.79 Å². The maximum atomic E-state index is 12.5. The molecule has 98 valence electrons. The summed E-state index contributed by atoms with van der Waals surface area (Å²) in [6, 6.07) is 0.807. The molecule has 0 amide bonds. The average Bonchev–Trinajstić information content (AvgIpc) is 2.46. The number of aliphatic hydroxyl groups is 1. The molecule has 0 aromatic heterocycles. The number of ether oxygens (including phenoxy) is 2. The Bertz CT molecular complexity index is 740. The lowest BCUT2D eigenvalue weighted by molar-refractivity contribution is 0.0862. The molecular weight excluding hydrogens is 242 g/mol. The summed E-state index contributed by atoms with van der Waals surface area (Å²) in [6.07, 6.45) is -7.13. The van der Waals surface area contributed by atoms with E-state index in [1.54, 1.807) is 0 Å². The van der Waals surface area contributed by atoms with Crippen LogP contribution < -0.4 is 9.47 Å². The van der Waals surface area contributed by atoms with Gasteiger partial charge in [-0.2, -0.15) is 0 Å². The second-order valence-corrected chi connectivity index (χ2v) is 3.48. The fourth-order valence-electron chi connectivity index (χ4n) is 1.69. The van der Waals surface area contributed by atoms with E-state index < -0.39 is 60.7 Å². The Kier molecular flexibility index (Phi) is 1.60. The highest BCUT2D eigenvalue weighted by Gasteiger charge is 2.31. The number of benzene rings is 1. The lowest BCUT2D eigenvalue weighted by atomic mass is 10.4. The van der Waals surface area contributed by atoms with Crippen molar-refractivity contribution in [2.45, 2.75) is 25.7 Å². The first kappa shape index (κ1) is 5.93. The van der Waals surface area contributed by atoms with E-state index in [2.05, 4.69) is 0 Å². The molecule has 0 spiro atoms. The van der Waals surface area contributed by atoms with E-state index >= 15 is 0 Å². The molecule has 18 heavy (non-hydrogen) atoms. The van der Waals surface area contributed by atoms with Crippen molar-refractivity contribution in [2.75, 3.05) is 13.7 Å². The number of hydrogen-bond donors (Lipinski definition) is 2. The van der Waals surface area contributed by atoms with Gasteiger partial charge in [0.2, 0.25) is 0 Å². The maximum Gasteiger partial charge on any atom is 0.174 e. The van der Waals surface area contributed by atoms with Crippen LogP contribution >= 0.6 is 0 Å². The molecule has 2 rings (SSSR count). The van der Waals surface area contributed by atoms with Crippen molar-refractivity contribution in [2.24, 2.45) is 0 Å². The fourth-order valence-corrected chi connectivity index (χ4v) is 1.69. The van der Waals surface area contributed by atoms with Crippen molar-refractivity contribution in [3.63, 3.8) is 0 Å². The van der Waals surface area contributed by atoms with Gasteiger partial charge >= 0.3 is 0 Å². The van der Waals surface area contributed by atoms with E-state index in [4.69, 9.17) is 20.4 Å². The molecule has 1 aromatic rings. The summed E-state index contributed by atoms with van der Waals surface area (Å²) in [4.78, 5) is 12.5. The fraction of sp³-hybridized carbons (Fsp3) is 0.462. The van der Waals surface area contributed by atoms with Gasteiger partial charge in [0, 0.05) is 39.2 Å². The highest BCUT2D eigenvalue weighted by molar-refractivity contribution is 6.03. The summed E-state index contributed by atoms with van der Waals surface area (Å²) in [5.41, 5.74) is -1.45. The molecule has 0 fully saturated rings. The molecular formula is C13H16O5. The predicted octanol–water partition coefficient (Wildman–Crippen LogP) is 1.29. The summed E-state index contributed by atoms with van der Waals surface area (Å²) in [7, 11) is 1.12. The molecule has 5 heteroatoms. The number of rotatable bonds is 3. The van der Waals surface area contributed by atoms with Gasteiger partial charge in [-0.15, -0.1) is 0 Å². The Hall–Kier alpha value is -1.75. The summed E-state index contributed by atoms with van der Waals surface area (Å²) in [5.74, 6) is -3.05. The quantitative estimate of drug-likeness (QED) is 0.806. The second-order valence-electron chi connectivity index (χ2n) is 3.48. The first-order chi connectivity index (χ1) is 11.6. The van der Waals surface area contributed by atoms with Gasteiger partial charge in [0.15, 0.2) is 5.78 Å². The number of phenols is 1. The zero-order valence-electron chi connectivity index (χ0n) is 17.4. The molecule has 1 aliphatic rings.